The second kappa shape index (κ2) is 11.7. The van der Waals surface area contributed by atoms with Crippen LogP contribution >= 0.6 is 0 Å². The van der Waals surface area contributed by atoms with E-state index in [-0.39, 0.29) is 48.3 Å². The second-order valence-corrected chi connectivity index (χ2v) is 12.5. The van der Waals surface area contributed by atoms with Crippen LogP contribution in [0.25, 0.3) is 11.1 Å². The monoisotopic (exact) mass is 549 g/mol. The fraction of sp³-hybridized carbons (Fsp3) is 0.333. The van der Waals surface area contributed by atoms with E-state index in [9.17, 15) is 22.4 Å². The Labute approximate surface area is 228 Å². The van der Waals surface area contributed by atoms with E-state index in [1.54, 1.807) is 24.3 Å². The molecule has 2 amide bonds. The summed E-state index contributed by atoms with van der Waals surface area (Å²) in [5, 5.41) is 6.34. The van der Waals surface area contributed by atoms with E-state index >= 15 is 0 Å². The Bertz CT molecular complexity index is 1400. The first-order valence-corrected chi connectivity index (χ1v) is 15.1. The van der Waals surface area contributed by atoms with Crippen LogP contribution in [0.15, 0.2) is 78.9 Å². The van der Waals surface area contributed by atoms with Crippen molar-refractivity contribution in [1.29, 1.82) is 0 Å². The molecule has 1 heterocycles. The SMILES string of the molecule is O=C(N[C@@H](CCN[C@@H]1C[C@H]1c1ccc(F)cc1)C(=O)N1CCS(=O)(=O)CC1)c1ccc(-c2ccccc2)cc1. The van der Waals surface area contributed by atoms with Crippen molar-refractivity contribution in [3.63, 3.8) is 0 Å². The summed E-state index contributed by atoms with van der Waals surface area (Å²) in [7, 11) is -3.14. The minimum atomic E-state index is -3.14. The minimum absolute atomic E-state index is 0.0694. The number of amides is 2. The van der Waals surface area contributed by atoms with Crippen molar-refractivity contribution >= 4 is 21.7 Å². The third-order valence-electron chi connectivity index (χ3n) is 7.44. The van der Waals surface area contributed by atoms with Crippen molar-refractivity contribution < 1.29 is 22.4 Å². The zero-order valence-electron chi connectivity index (χ0n) is 21.6. The van der Waals surface area contributed by atoms with Crippen LogP contribution in [-0.2, 0) is 14.6 Å². The van der Waals surface area contributed by atoms with Crippen LogP contribution in [-0.4, -0.2) is 68.4 Å². The molecule has 1 saturated carbocycles. The molecule has 0 bridgehead atoms. The summed E-state index contributed by atoms with van der Waals surface area (Å²) < 4.78 is 37.0. The van der Waals surface area contributed by atoms with Crippen molar-refractivity contribution in [1.82, 2.24) is 15.5 Å². The highest BCUT2D eigenvalue weighted by Gasteiger charge is 2.38. The van der Waals surface area contributed by atoms with Gasteiger partial charge in [0.1, 0.15) is 11.9 Å². The lowest BCUT2D eigenvalue weighted by atomic mass is 10.0. The fourth-order valence-electron chi connectivity index (χ4n) is 5.01. The van der Waals surface area contributed by atoms with Gasteiger partial charge in [-0.05, 0) is 60.3 Å². The zero-order valence-corrected chi connectivity index (χ0v) is 22.4. The molecule has 204 valence electrons. The smallest absolute Gasteiger partial charge is 0.251 e. The molecule has 7 nitrogen and oxygen atoms in total. The summed E-state index contributed by atoms with van der Waals surface area (Å²) in [5.41, 5.74) is 3.55. The van der Waals surface area contributed by atoms with Crippen LogP contribution in [0.3, 0.4) is 0 Å². The molecule has 1 saturated heterocycles. The maximum Gasteiger partial charge on any atom is 0.251 e. The summed E-state index contributed by atoms with van der Waals surface area (Å²) in [5.74, 6) is -0.730. The number of benzene rings is 3. The van der Waals surface area contributed by atoms with E-state index in [4.69, 9.17) is 0 Å². The van der Waals surface area contributed by atoms with Crippen molar-refractivity contribution in [2.75, 3.05) is 31.1 Å². The van der Waals surface area contributed by atoms with E-state index in [2.05, 4.69) is 10.6 Å². The van der Waals surface area contributed by atoms with Crippen molar-refractivity contribution in [3.05, 3.63) is 95.8 Å². The van der Waals surface area contributed by atoms with Gasteiger partial charge in [-0.2, -0.15) is 0 Å². The van der Waals surface area contributed by atoms with Gasteiger partial charge in [0, 0.05) is 30.6 Å². The predicted molar refractivity (Wildman–Crippen MR) is 149 cm³/mol. The Hall–Kier alpha value is -3.56. The number of nitrogens with zero attached hydrogens (tertiary/aromatic N) is 1. The van der Waals surface area contributed by atoms with E-state index in [0.29, 0.717) is 24.4 Å². The highest BCUT2D eigenvalue weighted by atomic mass is 32.2. The van der Waals surface area contributed by atoms with Crippen LogP contribution in [0.1, 0.15) is 34.7 Å². The molecule has 0 radical (unpaired) electrons. The third-order valence-corrected chi connectivity index (χ3v) is 9.05. The van der Waals surface area contributed by atoms with E-state index in [0.717, 1.165) is 23.1 Å². The summed E-state index contributed by atoms with van der Waals surface area (Å²) >= 11 is 0. The first kappa shape index (κ1) is 27.0. The molecular formula is C30H32FN3O4S. The number of rotatable bonds is 9. The van der Waals surface area contributed by atoms with E-state index in [1.165, 1.54) is 17.0 Å². The van der Waals surface area contributed by atoms with Crippen molar-refractivity contribution in [3.8, 4) is 11.1 Å². The van der Waals surface area contributed by atoms with E-state index < -0.39 is 15.9 Å². The van der Waals surface area contributed by atoms with Crippen molar-refractivity contribution in [2.45, 2.75) is 30.8 Å². The van der Waals surface area contributed by atoms with Gasteiger partial charge in [-0.25, -0.2) is 12.8 Å². The maximum absolute atomic E-state index is 13.4. The quantitative estimate of drug-likeness (QED) is 0.427. The predicted octanol–water partition coefficient (Wildman–Crippen LogP) is 3.38. The average molecular weight is 550 g/mol. The number of carbonyl (C=O) groups excluding carboxylic acids is 2. The number of hydrogen-bond donors (Lipinski definition) is 2. The molecule has 0 spiro atoms. The molecule has 3 aromatic rings. The minimum Gasteiger partial charge on any atom is -0.340 e. The standard InChI is InChI=1S/C30H32FN3O4S/c31-25-12-10-23(11-13-25)26-20-28(26)32-15-14-27(30(36)34-16-18-39(37,38)19-17-34)33-29(35)24-8-6-22(7-9-24)21-4-2-1-3-5-21/h1-13,26-28,32H,14-20H2,(H,33,35)/t26-,27-,28+/m0/s1. The molecule has 0 aromatic heterocycles. The van der Waals surface area contributed by atoms with Gasteiger partial charge in [-0.1, -0.05) is 54.6 Å². The molecular weight excluding hydrogens is 517 g/mol. The van der Waals surface area contributed by atoms with Gasteiger partial charge in [0.25, 0.3) is 5.91 Å². The molecule has 1 aliphatic heterocycles. The Kier molecular flexibility index (Phi) is 8.09. The summed E-state index contributed by atoms with van der Waals surface area (Å²) in [4.78, 5) is 28.0. The second-order valence-electron chi connectivity index (χ2n) is 10.2. The molecule has 3 atom stereocenters. The molecule has 2 fully saturated rings. The highest BCUT2D eigenvalue weighted by molar-refractivity contribution is 7.91. The van der Waals surface area contributed by atoms with E-state index in [1.807, 2.05) is 42.5 Å². The first-order chi connectivity index (χ1) is 18.8. The van der Waals surface area contributed by atoms with Gasteiger partial charge >= 0.3 is 0 Å². The topological polar surface area (TPSA) is 95.6 Å². The molecule has 5 rings (SSSR count). The van der Waals surface area contributed by atoms with Gasteiger partial charge in [0.2, 0.25) is 5.91 Å². The van der Waals surface area contributed by atoms with Crippen LogP contribution in [0.5, 0.6) is 0 Å². The lowest BCUT2D eigenvalue weighted by Gasteiger charge is -2.30. The summed E-state index contributed by atoms with van der Waals surface area (Å²) in [6, 6.07) is 23.0. The Morgan fingerprint density at radius 1 is 0.897 bits per heavy atom. The normalized spacial score (nSPS) is 20.7. The number of carbonyl (C=O) groups is 2. The highest BCUT2D eigenvalue weighted by Crippen LogP contribution is 2.40. The average Bonchev–Trinajstić information content (AvgIpc) is 3.72. The Morgan fingerprint density at radius 2 is 1.54 bits per heavy atom. The summed E-state index contributed by atoms with van der Waals surface area (Å²) in [6.45, 7) is 0.752. The Balaban J connectivity index is 1.22. The number of halogens is 1. The van der Waals surface area contributed by atoms with Crippen LogP contribution in [0.2, 0.25) is 0 Å². The van der Waals surface area contributed by atoms with Crippen LogP contribution in [0, 0.1) is 5.82 Å². The van der Waals surface area contributed by atoms with Crippen LogP contribution in [0.4, 0.5) is 4.39 Å². The lowest BCUT2D eigenvalue weighted by molar-refractivity contribution is -0.133. The van der Waals surface area contributed by atoms with Crippen molar-refractivity contribution in [2.24, 2.45) is 0 Å². The Morgan fingerprint density at radius 3 is 2.21 bits per heavy atom. The van der Waals surface area contributed by atoms with Gasteiger partial charge in [-0.15, -0.1) is 0 Å². The number of nitrogens with one attached hydrogen (secondary N) is 2. The van der Waals surface area contributed by atoms with Gasteiger partial charge < -0.3 is 15.5 Å². The molecule has 1 aliphatic carbocycles. The molecule has 2 aliphatic rings. The molecule has 2 N–H and O–H groups in total. The van der Waals surface area contributed by atoms with Gasteiger partial charge in [-0.3, -0.25) is 9.59 Å². The summed E-state index contributed by atoms with van der Waals surface area (Å²) in [6.07, 6.45) is 1.29. The molecule has 0 unspecified atom stereocenters. The van der Waals surface area contributed by atoms with Gasteiger partial charge in [0.15, 0.2) is 9.84 Å². The van der Waals surface area contributed by atoms with Crippen LogP contribution < -0.4 is 10.6 Å². The zero-order chi connectivity index (χ0) is 27.4. The number of sulfone groups is 1. The molecule has 3 aromatic carbocycles. The van der Waals surface area contributed by atoms with Gasteiger partial charge in [0.05, 0.1) is 11.5 Å². The maximum atomic E-state index is 13.4. The largest absolute Gasteiger partial charge is 0.340 e. The number of hydrogen-bond acceptors (Lipinski definition) is 5. The lowest BCUT2D eigenvalue weighted by Crippen LogP contribution is -2.53. The third kappa shape index (κ3) is 6.91. The fourth-order valence-corrected chi connectivity index (χ4v) is 6.21. The molecule has 9 heteroatoms. The molecule has 39 heavy (non-hydrogen) atoms. The first-order valence-electron chi connectivity index (χ1n) is 13.2.